The maximum atomic E-state index is 14.1. The number of carbonyl (C=O) groups is 1. The first-order valence-corrected chi connectivity index (χ1v) is 10.4. The van der Waals surface area contributed by atoms with Gasteiger partial charge in [0.1, 0.15) is 11.6 Å². The molecule has 0 bridgehead atoms. The monoisotopic (exact) mass is 378 g/mol. The number of nitrogens with one attached hydrogen (secondary N) is 2. The van der Waals surface area contributed by atoms with E-state index in [0.29, 0.717) is 24.9 Å². The Balaban J connectivity index is 1.72. The van der Waals surface area contributed by atoms with Crippen molar-refractivity contribution in [3.05, 3.63) is 29.6 Å². The lowest BCUT2D eigenvalue weighted by Gasteiger charge is -2.31. The molecule has 27 heavy (non-hydrogen) atoms. The molecule has 1 aromatic rings. The Morgan fingerprint density at radius 1 is 1.41 bits per heavy atom. The summed E-state index contributed by atoms with van der Waals surface area (Å²) in [4.78, 5) is 11.9. The van der Waals surface area contributed by atoms with Gasteiger partial charge in [-0.15, -0.1) is 0 Å². The molecule has 0 aromatic heterocycles. The zero-order valence-electron chi connectivity index (χ0n) is 17.0. The van der Waals surface area contributed by atoms with Crippen molar-refractivity contribution >= 4 is 5.91 Å². The Morgan fingerprint density at radius 3 is 2.93 bits per heavy atom. The summed E-state index contributed by atoms with van der Waals surface area (Å²) in [5.74, 6) is 1.06. The first-order valence-electron chi connectivity index (χ1n) is 10.4. The van der Waals surface area contributed by atoms with Crippen molar-refractivity contribution in [2.75, 3.05) is 19.7 Å². The Labute approximate surface area is 163 Å². The molecule has 152 valence electrons. The van der Waals surface area contributed by atoms with Crippen molar-refractivity contribution in [3.8, 4) is 5.75 Å². The normalized spacial score (nSPS) is 19.9. The predicted octanol–water partition coefficient (Wildman–Crippen LogP) is 4.54. The number of carbonyl (C=O) groups excluding carboxylic acids is 1. The summed E-state index contributed by atoms with van der Waals surface area (Å²) in [5, 5.41) is 6.31. The van der Waals surface area contributed by atoms with Gasteiger partial charge in [0.15, 0.2) is 0 Å². The fourth-order valence-electron chi connectivity index (χ4n) is 3.77. The molecule has 1 heterocycles. The van der Waals surface area contributed by atoms with Crippen molar-refractivity contribution in [3.63, 3.8) is 0 Å². The molecule has 1 aliphatic rings. The molecule has 0 radical (unpaired) electrons. The molecule has 1 saturated heterocycles. The van der Waals surface area contributed by atoms with Crippen LogP contribution < -0.4 is 15.4 Å². The van der Waals surface area contributed by atoms with Crippen LogP contribution in [0.2, 0.25) is 0 Å². The van der Waals surface area contributed by atoms with Crippen molar-refractivity contribution in [2.24, 2.45) is 11.8 Å². The van der Waals surface area contributed by atoms with E-state index in [2.05, 4.69) is 24.5 Å². The van der Waals surface area contributed by atoms with E-state index in [1.165, 1.54) is 31.4 Å². The number of ether oxygens (including phenoxy) is 1. The molecule has 2 N–H and O–H groups in total. The van der Waals surface area contributed by atoms with E-state index in [9.17, 15) is 9.18 Å². The van der Waals surface area contributed by atoms with Gasteiger partial charge in [-0.1, -0.05) is 20.8 Å². The smallest absolute Gasteiger partial charge is 0.254 e. The van der Waals surface area contributed by atoms with Gasteiger partial charge in [-0.05, 0) is 69.0 Å². The molecule has 2 atom stereocenters. The van der Waals surface area contributed by atoms with Crippen molar-refractivity contribution in [1.82, 2.24) is 10.6 Å². The van der Waals surface area contributed by atoms with Gasteiger partial charge in [0.05, 0.1) is 12.2 Å². The van der Waals surface area contributed by atoms with E-state index in [0.717, 1.165) is 37.6 Å². The van der Waals surface area contributed by atoms with Gasteiger partial charge in [-0.3, -0.25) is 4.79 Å². The predicted molar refractivity (Wildman–Crippen MR) is 108 cm³/mol. The van der Waals surface area contributed by atoms with Crippen LogP contribution in [-0.4, -0.2) is 31.6 Å². The summed E-state index contributed by atoms with van der Waals surface area (Å²) in [6.07, 6.45) is 6.66. The molecular weight excluding hydrogens is 343 g/mol. The first-order chi connectivity index (χ1) is 13.0. The van der Waals surface area contributed by atoms with E-state index in [1.54, 1.807) is 6.07 Å². The number of hydrogen-bond donors (Lipinski definition) is 2. The number of halogens is 1. The lowest BCUT2D eigenvalue weighted by Crippen LogP contribution is -2.38. The minimum atomic E-state index is -0.531. The van der Waals surface area contributed by atoms with Crippen LogP contribution >= 0.6 is 0 Å². The average Bonchev–Trinajstić information content (AvgIpc) is 2.63. The molecule has 0 saturated carbocycles. The number of piperidine rings is 1. The van der Waals surface area contributed by atoms with Crippen molar-refractivity contribution in [2.45, 2.75) is 65.3 Å². The highest BCUT2D eigenvalue weighted by molar-refractivity contribution is 5.94. The molecule has 1 amide bonds. The van der Waals surface area contributed by atoms with Crippen LogP contribution in [0.5, 0.6) is 5.75 Å². The summed E-state index contributed by atoms with van der Waals surface area (Å²) in [6, 6.07) is 5.13. The van der Waals surface area contributed by atoms with Crippen LogP contribution in [0, 0.1) is 17.7 Å². The van der Waals surface area contributed by atoms with Crippen LogP contribution in [0.15, 0.2) is 18.2 Å². The van der Waals surface area contributed by atoms with Gasteiger partial charge in [0.25, 0.3) is 5.91 Å². The Kier molecular flexibility index (Phi) is 9.05. The summed E-state index contributed by atoms with van der Waals surface area (Å²) in [5.41, 5.74) is 0.0710. The highest BCUT2D eigenvalue weighted by Crippen LogP contribution is 2.25. The molecule has 2 unspecified atom stereocenters. The van der Waals surface area contributed by atoms with Crippen LogP contribution in [0.25, 0.3) is 0 Å². The molecular formula is C22H35FN2O2. The lowest BCUT2D eigenvalue weighted by atomic mass is 9.86. The second kappa shape index (κ2) is 11.3. The van der Waals surface area contributed by atoms with E-state index in [4.69, 9.17) is 4.74 Å². The molecule has 0 aliphatic carbocycles. The van der Waals surface area contributed by atoms with E-state index < -0.39 is 5.82 Å². The number of benzene rings is 1. The summed E-state index contributed by atoms with van der Waals surface area (Å²) < 4.78 is 19.8. The minimum Gasteiger partial charge on any atom is -0.493 e. The maximum Gasteiger partial charge on any atom is 0.254 e. The summed E-state index contributed by atoms with van der Waals surface area (Å²) in [6.45, 7) is 8.75. The molecule has 2 rings (SSSR count). The van der Waals surface area contributed by atoms with Crippen molar-refractivity contribution in [1.29, 1.82) is 0 Å². The van der Waals surface area contributed by atoms with E-state index in [-0.39, 0.29) is 11.5 Å². The maximum absolute atomic E-state index is 14.1. The molecule has 4 nitrogen and oxygen atoms in total. The molecule has 1 aromatic carbocycles. The van der Waals surface area contributed by atoms with Gasteiger partial charge in [-0.2, -0.15) is 0 Å². The zero-order chi connectivity index (χ0) is 19.6. The van der Waals surface area contributed by atoms with Crippen LogP contribution in [0.1, 0.15) is 69.7 Å². The summed E-state index contributed by atoms with van der Waals surface area (Å²) in [7, 11) is 0. The van der Waals surface area contributed by atoms with Crippen molar-refractivity contribution < 1.29 is 13.9 Å². The Bertz CT molecular complexity index is 592. The zero-order valence-corrected chi connectivity index (χ0v) is 17.0. The molecule has 0 spiro atoms. The van der Waals surface area contributed by atoms with E-state index >= 15 is 0 Å². The van der Waals surface area contributed by atoms with Gasteiger partial charge in [0, 0.05) is 18.7 Å². The standard InChI is InChI=1S/C22H35FN2O2/c1-4-10-25-22(26)20-8-7-19(15-21(20)23)27-12-5-6-17-9-11-24-18(14-17)13-16(2)3/h7-8,15-18,24H,4-6,9-14H2,1-3H3,(H,25,26). The molecule has 1 fully saturated rings. The minimum absolute atomic E-state index is 0.0710. The number of amides is 1. The first kappa shape index (κ1) is 21.7. The second-order valence-corrected chi connectivity index (χ2v) is 8.06. The summed E-state index contributed by atoms with van der Waals surface area (Å²) >= 11 is 0. The Hall–Kier alpha value is -1.62. The second-order valence-electron chi connectivity index (χ2n) is 8.06. The fraction of sp³-hybridized carbons (Fsp3) is 0.682. The quantitative estimate of drug-likeness (QED) is 0.588. The number of rotatable bonds is 10. The highest BCUT2D eigenvalue weighted by atomic mass is 19.1. The molecule has 5 heteroatoms. The third-order valence-electron chi connectivity index (χ3n) is 5.11. The highest BCUT2D eigenvalue weighted by Gasteiger charge is 2.21. The molecule has 1 aliphatic heterocycles. The van der Waals surface area contributed by atoms with Crippen LogP contribution in [0.3, 0.4) is 0 Å². The van der Waals surface area contributed by atoms with Gasteiger partial charge in [-0.25, -0.2) is 4.39 Å². The third-order valence-corrected chi connectivity index (χ3v) is 5.11. The van der Waals surface area contributed by atoms with Gasteiger partial charge in [0.2, 0.25) is 0 Å². The van der Waals surface area contributed by atoms with Gasteiger partial charge >= 0.3 is 0 Å². The van der Waals surface area contributed by atoms with Crippen LogP contribution in [0.4, 0.5) is 4.39 Å². The lowest BCUT2D eigenvalue weighted by molar-refractivity contribution is 0.0949. The number of hydrogen-bond acceptors (Lipinski definition) is 3. The SMILES string of the molecule is CCCNC(=O)c1ccc(OCCCC2CCNC(CC(C)C)C2)cc1F. The van der Waals surface area contributed by atoms with E-state index in [1.807, 2.05) is 6.92 Å². The van der Waals surface area contributed by atoms with Gasteiger partial charge < -0.3 is 15.4 Å². The third kappa shape index (κ3) is 7.49. The average molecular weight is 379 g/mol. The Morgan fingerprint density at radius 2 is 2.22 bits per heavy atom. The largest absolute Gasteiger partial charge is 0.493 e. The van der Waals surface area contributed by atoms with Crippen LogP contribution in [-0.2, 0) is 0 Å². The fourth-order valence-corrected chi connectivity index (χ4v) is 3.77. The topological polar surface area (TPSA) is 50.4 Å².